The minimum Gasteiger partial charge on any atom is -0.374 e. The quantitative estimate of drug-likeness (QED) is 0.225. The molecule has 2 unspecified atom stereocenters. The van der Waals surface area contributed by atoms with Gasteiger partial charge < -0.3 is 15.5 Å². The van der Waals surface area contributed by atoms with Gasteiger partial charge in [-0.3, -0.25) is 15.4 Å². The van der Waals surface area contributed by atoms with E-state index in [9.17, 15) is 19.4 Å². The van der Waals surface area contributed by atoms with Gasteiger partial charge in [0.15, 0.2) is 6.23 Å². The number of nitrogens with zero attached hydrogens (tertiary/aromatic N) is 1. The third kappa shape index (κ3) is 5.50. The van der Waals surface area contributed by atoms with Crippen molar-refractivity contribution >= 4 is 17.2 Å². The van der Waals surface area contributed by atoms with Gasteiger partial charge in [0.25, 0.3) is 5.91 Å². The molecule has 9 heteroatoms. The van der Waals surface area contributed by atoms with Crippen LogP contribution in [0.5, 0.6) is 0 Å². The van der Waals surface area contributed by atoms with Gasteiger partial charge in [-0.15, -0.1) is 11.3 Å². The molecule has 1 amide bonds. The van der Waals surface area contributed by atoms with Gasteiger partial charge in [-0.2, -0.15) is 5.26 Å². The second kappa shape index (κ2) is 10.4. The number of aliphatic hydroxyl groups excluding tert-OH is 2. The molecule has 0 bridgehead atoms. The summed E-state index contributed by atoms with van der Waals surface area (Å²) in [5, 5.41) is 39.5. The van der Waals surface area contributed by atoms with Crippen molar-refractivity contribution in [2.75, 3.05) is 6.54 Å². The zero-order valence-electron chi connectivity index (χ0n) is 18.3. The summed E-state index contributed by atoms with van der Waals surface area (Å²) in [6.07, 6.45) is -1.04. The average molecular weight is 481 g/mol. The molecule has 4 rings (SSSR count). The molecule has 176 valence electrons. The summed E-state index contributed by atoms with van der Waals surface area (Å²) in [4.78, 5) is 13.0. The fourth-order valence-corrected chi connectivity index (χ4v) is 4.62. The normalized spacial score (nSPS) is 15.8. The van der Waals surface area contributed by atoms with Crippen LogP contribution in [-0.2, 0) is 16.9 Å². The van der Waals surface area contributed by atoms with Crippen molar-refractivity contribution in [2.45, 2.75) is 37.4 Å². The highest BCUT2D eigenvalue weighted by Gasteiger charge is 2.46. The second-order valence-electron chi connectivity index (χ2n) is 8.19. The molecule has 34 heavy (non-hydrogen) atoms. The van der Waals surface area contributed by atoms with Crippen LogP contribution < -0.4 is 16.0 Å². The number of nitriles is 1. The summed E-state index contributed by atoms with van der Waals surface area (Å²) < 4.78 is 14.5. The number of benzene rings is 2. The van der Waals surface area contributed by atoms with E-state index < -0.39 is 23.9 Å². The van der Waals surface area contributed by atoms with Crippen LogP contribution in [0.3, 0.4) is 0 Å². The Kier molecular flexibility index (Phi) is 7.36. The maximum Gasteiger partial charge on any atom is 0.264 e. The lowest BCUT2D eigenvalue weighted by atomic mass is 9.99. The summed E-state index contributed by atoms with van der Waals surface area (Å²) in [6.45, 7) is -0.0846. The van der Waals surface area contributed by atoms with Crippen molar-refractivity contribution in [1.82, 2.24) is 16.0 Å². The van der Waals surface area contributed by atoms with Gasteiger partial charge >= 0.3 is 0 Å². The van der Waals surface area contributed by atoms with Gasteiger partial charge in [-0.1, -0.05) is 30.3 Å². The molecule has 7 nitrogen and oxygen atoms in total. The van der Waals surface area contributed by atoms with Crippen molar-refractivity contribution in [1.29, 1.82) is 5.26 Å². The molecule has 2 aromatic carbocycles. The first-order chi connectivity index (χ1) is 16.4. The van der Waals surface area contributed by atoms with Gasteiger partial charge in [0.05, 0.1) is 12.6 Å². The number of hydrogen-bond acceptors (Lipinski definition) is 7. The van der Waals surface area contributed by atoms with Gasteiger partial charge in [0.1, 0.15) is 12.0 Å². The molecule has 2 atom stereocenters. The molecule has 1 heterocycles. The molecule has 0 radical (unpaired) electrons. The minimum atomic E-state index is -1.50. The number of nitrogens with one attached hydrogen (secondary N) is 3. The topological polar surface area (TPSA) is 117 Å². The molecule has 1 aromatic heterocycles. The summed E-state index contributed by atoms with van der Waals surface area (Å²) in [5.74, 6) is -0.998. The van der Waals surface area contributed by atoms with Crippen LogP contribution in [-0.4, -0.2) is 28.9 Å². The standard InChI is InChI=1S/C25H25FN4O3S/c26-19-13-17(21-6-3-11-34-21)12-18(14-19)25(7-8-25)30-22(31)20-5-2-1-4-16(20)15-29-24(33)23(32)28-10-9-27/h1-6,11-14,22-23,28,30-32H,7-8,10,15H2,(H,29,33). The van der Waals surface area contributed by atoms with Crippen molar-refractivity contribution < 1.29 is 19.4 Å². The van der Waals surface area contributed by atoms with E-state index >= 15 is 0 Å². The van der Waals surface area contributed by atoms with Gasteiger partial charge in [0, 0.05) is 22.5 Å². The maximum atomic E-state index is 14.5. The highest BCUT2D eigenvalue weighted by Crippen LogP contribution is 2.48. The van der Waals surface area contributed by atoms with E-state index in [1.165, 1.54) is 12.1 Å². The first-order valence-corrected chi connectivity index (χ1v) is 11.7. The Hall–Kier alpha value is -3.13. The lowest BCUT2D eigenvalue weighted by Crippen LogP contribution is -2.44. The summed E-state index contributed by atoms with van der Waals surface area (Å²) in [6, 6.07) is 17.7. The summed E-state index contributed by atoms with van der Waals surface area (Å²) in [7, 11) is 0. The van der Waals surface area contributed by atoms with Crippen molar-refractivity contribution in [3.8, 4) is 16.5 Å². The molecule has 1 fully saturated rings. The van der Waals surface area contributed by atoms with E-state index in [0.29, 0.717) is 11.1 Å². The predicted octanol–water partition coefficient (Wildman–Crippen LogP) is 2.87. The van der Waals surface area contributed by atoms with Gasteiger partial charge in [-0.05, 0) is 59.2 Å². The van der Waals surface area contributed by atoms with Crippen LogP contribution in [0, 0.1) is 17.1 Å². The van der Waals surface area contributed by atoms with Crippen molar-refractivity contribution in [2.24, 2.45) is 0 Å². The lowest BCUT2D eigenvalue weighted by Gasteiger charge is -2.25. The molecule has 1 aliphatic carbocycles. The monoisotopic (exact) mass is 480 g/mol. The molecular formula is C25H25FN4O3S. The maximum absolute atomic E-state index is 14.5. The van der Waals surface area contributed by atoms with Crippen LogP contribution in [0.4, 0.5) is 4.39 Å². The number of halogens is 1. The first kappa shape index (κ1) is 24.0. The Morgan fingerprint density at radius 3 is 2.68 bits per heavy atom. The second-order valence-corrected chi connectivity index (χ2v) is 9.14. The van der Waals surface area contributed by atoms with E-state index in [1.54, 1.807) is 41.7 Å². The molecular weight excluding hydrogens is 455 g/mol. The molecule has 0 aliphatic heterocycles. The van der Waals surface area contributed by atoms with E-state index in [4.69, 9.17) is 5.26 Å². The largest absolute Gasteiger partial charge is 0.374 e. The summed E-state index contributed by atoms with van der Waals surface area (Å²) >= 11 is 1.54. The van der Waals surface area contributed by atoms with Crippen LogP contribution in [0.1, 0.15) is 35.8 Å². The average Bonchev–Trinajstić information content (AvgIpc) is 3.40. The predicted molar refractivity (Wildman–Crippen MR) is 127 cm³/mol. The lowest BCUT2D eigenvalue weighted by molar-refractivity contribution is -0.130. The zero-order valence-corrected chi connectivity index (χ0v) is 19.1. The number of hydrogen-bond donors (Lipinski definition) is 5. The Labute approximate surface area is 200 Å². The number of amides is 1. The molecule has 1 saturated carbocycles. The van der Waals surface area contributed by atoms with Crippen LogP contribution in [0.25, 0.3) is 10.4 Å². The third-order valence-corrected chi connectivity index (χ3v) is 6.76. The molecule has 0 spiro atoms. The van der Waals surface area contributed by atoms with E-state index in [1.807, 2.05) is 23.6 Å². The van der Waals surface area contributed by atoms with Gasteiger partial charge in [-0.25, -0.2) is 4.39 Å². The van der Waals surface area contributed by atoms with E-state index in [2.05, 4.69) is 16.0 Å². The third-order valence-electron chi connectivity index (χ3n) is 5.84. The number of aliphatic hydroxyl groups is 2. The Balaban J connectivity index is 1.48. The Morgan fingerprint density at radius 1 is 1.18 bits per heavy atom. The number of carbonyl (C=O) groups is 1. The smallest absolute Gasteiger partial charge is 0.264 e. The summed E-state index contributed by atoms with van der Waals surface area (Å²) in [5.41, 5.74) is 2.29. The van der Waals surface area contributed by atoms with E-state index in [0.717, 1.165) is 28.8 Å². The fourth-order valence-electron chi connectivity index (χ4n) is 3.91. The van der Waals surface area contributed by atoms with Crippen molar-refractivity contribution in [3.63, 3.8) is 0 Å². The Morgan fingerprint density at radius 2 is 1.97 bits per heavy atom. The molecule has 3 aromatic rings. The molecule has 1 aliphatic rings. The fraction of sp³-hybridized carbons (Fsp3) is 0.280. The number of rotatable bonds is 10. The minimum absolute atomic E-state index is 0.0779. The van der Waals surface area contributed by atoms with Crippen molar-refractivity contribution in [3.05, 3.63) is 82.5 Å². The first-order valence-electron chi connectivity index (χ1n) is 10.9. The van der Waals surface area contributed by atoms with Gasteiger partial charge in [0.2, 0.25) is 0 Å². The van der Waals surface area contributed by atoms with Crippen LogP contribution in [0.2, 0.25) is 0 Å². The highest BCUT2D eigenvalue weighted by molar-refractivity contribution is 7.13. The van der Waals surface area contributed by atoms with Crippen LogP contribution in [0.15, 0.2) is 60.0 Å². The van der Waals surface area contributed by atoms with E-state index in [-0.39, 0.29) is 18.9 Å². The SMILES string of the molecule is N#CCNC(O)C(=O)NCc1ccccc1C(O)NC1(c2cc(F)cc(-c3cccs3)c2)CC1. The molecule has 0 saturated heterocycles. The molecule has 5 N–H and O–H groups in total. The zero-order chi connectivity index (χ0) is 24.1. The Bertz CT molecular complexity index is 1190. The number of carbonyl (C=O) groups excluding carboxylic acids is 1. The number of thiophene rings is 1. The highest BCUT2D eigenvalue weighted by atomic mass is 32.1. The van der Waals surface area contributed by atoms with Crippen LogP contribution >= 0.6 is 11.3 Å².